The summed E-state index contributed by atoms with van der Waals surface area (Å²) in [7, 11) is 9.77. The van der Waals surface area contributed by atoms with Crippen LogP contribution in [0.4, 0.5) is 0 Å². The first-order valence-corrected chi connectivity index (χ1v) is 12.5. The van der Waals surface area contributed by atoms with Crippen molar-refractivity contribution in [1.29, 1.82) is 0 Å². The summed E-state index contributed by atoms with van der Waals surface area (Å²) in [6.45, 7) is 2.31. The zero-order valence-electron chi connectivity index (χ0n) is 8.32. The average molecular weight is 336 g/mol. The van der Waals surface area contributed by atoms with Gasteiger partial charge in [0.05, 0.1) is 0 Å². The van der Waals surface area contributed by atoms with Crippen molar-refractivity contribution in [3.63, 3.8) is 0 Å². The van der Waals surface area contributed by atoms with E-state index in [0.717, 1.165) is 0 Å². The van der Waals surface area contributed by atoms with Crippen molar-refractivity contribution in [2.24, 2.45) is 0 Å². The minimum atomic E-state index is -0.826. The van der Waals surface area contributed by atoms with Crippen molar-refractivity contribution in [2.75, 3.05) is 6.66 Å². The van der Waals surface area contributed by atoms with Gasteiger partial charge in [-0.15, -0.1) is 10.6 Å². The van der Waals surface area contributed by atoms with Gasteiger partial charge in [0, 0.05) is 0 Å². The molecule has 0 aliphatic carbocycles. The Labute approximate surface area is 111 Å². The van der Waals surface area contributed by atoms with Gasteiger partial charge in [0.1, 0.15) is 0 Å². The van der Waals surface area contributed by atoms with Gasteiger partial charge in [-0.05, 0) is 0 Å². The van der Waals surface area contributed by atoms with Gasteiger partial charge in [0.25, 0.3) is 0 Å². The van der Waals surface area contributed by atoms with Crippen LogP contribution >= 0.6 is 24.9 Å². The summed E-state index contributed by atoms with van der Waals surface area (Å²) in [5.74, 6) is 0. The Kier molecular flexibility index (Phi) is 7.10. The van der Waals surface area contributed by atoms with Crippen molar-refractivity contribution >= 4 is 35.6 Å². The van der Waals surface area contributed by atoms with Gasteiger partial charge in [-0.3, -0.25) is 0 Å². The predicted octanol–water partition coefficient (Wildman–Crippen LogP) is 3.56. The van der Waals surface area contributed by atoms with Crippen LogP contribution in [0.1, 0.15) is 0 Å². The van der Waals surface area contributed by atoms with E-state index in [1.54, 1.807) is 0 Å². The molecule has 2 rings (SSSR count). The molecule has 0 saturated carbocycles. The van der Waals surface area contributed by atoms with E-state index in [9.17, 15) is 0 Å². The molecule has 15 heavy (non-hydrogen) atoms. The Morgan fingerprint density at radius 1 is 0.867 bits per heavy atom. The van der Waals surface area contributed by atoms with E-state index in [1.807, 2.05) is 0 Å². The molecule has 0 bridgehead atoms. The van der Waals surface area contributed by atoms with Crippen LogP contribution in [0.3, 0.4) is 0 Å². The first kappa shape index (κ1) is 13.7. The van der Waals surface area contributed by atoms with Gasteiger partial charge < -0.3 is 0 Å². The van der Waals surface area contributed by atoms with E-state index in [2.05, 4.69) is 55.2 Å². The van der Waals surface area contributed by atoms with Gasteiger partial charge in [-0.1, -0.05) is 6.66 Å². The molecule has 0 spiro atoms. The molecule has 2 aromatic rings. The van der Waals surface area contributed by atoms with E-state index >= 15 is 0 Å². The third-order valence-corrected chi connectivity index (χ3v) is 4.21. The van der Waals surface area contributed by atoms with Crippen molar-refractivity contribution < 1.29 is 20.8 Å². The van der Waals surface area contributed by atoms with Gasteiger partial charge in [0.2, 0.25) is 0 Å². The van der Waals surface area contributed by atoms with Crippen molar-refractivity contribution in [2.45, 2.75) is 0 Å². The van der Waals surface area contributed by atoms with E-state index in [0.29, 0.717) is 0 Å². The van der Waals surface area contributed by atoms with Crippen molar-refractivity contribution in [3.05, 3.63) is 48.5 Å². The molecule has 0 atom stereocenters. The standard InChI is InChI=1S/C11H11P.2ClH.Zr/c1-12(10-6-2-3-7-10)11-8-4-5-9-11;;;/h2-9H,1H3;2*1H;/q-2;;;+2/p-2. The van der Waals surface area contributed by atoms with Crippen molar-refractivity contribution in [1.82, 2.24) is 0 Å². The molecule has 0 N–H and O–H groups in total. The molecule has 0 aliphatic rings. The quantitative estimate of drug-likeness (QED) is 0.581. The zero-order chi connectivity index (χ0) is 11.1. The summed E-state index contributed by atoms with van der Waals surface area (Å²) in [6.07, 6.45) is 0. The van der Waals surface area contributed by atoms with Gasteiger partial charge in [-0.2, -0.15) is 32.2 Å². The Bertz CT molecular complexity index is 308. The zero-order valence-corrected chi connectivity index (χ0v) is 13.2. The number of hydrogen-bond donors (Lipinski definition) is 0. The molecule has 0 nitrogen and oxygen atoms in total. The van der Waals surface area contributed by atoms with Crippen molar-refractivity contribution in [3.8, 4) is 0 Å². The van der Waals surface area contributed by atoms with Gasteiger partial charge in [0.15, 0.2) is 0 Å². The van der Waals surface area contributed by atoms with E-state index in [-0.39, 0.29) is 7.92 Å². The van der Waals surface area contributed by atoms with E-state index in [4.69, 9.17) is 17.0 Å². The molecule has 0 unspecified atom stereocenters. The molecule has 0 fully saturated rings. The molecule has 0 aliphatic heterocycles. The van der Waals surface area contributed by atoms with E-state index < -0.39 is 20.8 Å². The fourth-order valence-electron chi connectivity index (χ4n) is 1.32. The third kappa shape index (κ3) is 4.53. The van der Waals surface area contributed by atoms with Crippen LogP contribution in [0, 0.1) is 0 Å². The maximum atomic E-state index is 4.93. The maximum absolute atomic E-state index is 4.93. The Morgan fingerprint density at radius 3 is 1.40 bits per heavy atom. The van der Waals surface area contributed by atoms with Crippen LogP contribution in [0.2, 0.25) is 0 Å². The topological polar surface area (TPSA) is 0 Å². The first-order valence-electron chi connectivity index (χ1n) is 4.43. The first-order chi connectivity index (χ1) is 7.29. The summed E-state index contributed by atoms with van der Waals surface area (Å²) in [5, 5.41) is 2.94. The normalized spacial score (nSPS) is 9.60. The molecular formula is C11H11Cl2PZr-2. The second-order valence-electron chi connectivity index (χ2n) is 2.92. The molecule has 4 heteroatoms. The predicted molar refractivity (Wildman–Crippen MR) is 67.9 cm³/mol. The summed E-state index contributed by atoms with van der Waals surface area (Å²) in [6, 6.07) is 17.3. The van der Waals surface area contributed by atoms with Crippen LogP contribution < -0.4 is 10.6 Å². The SMILES string of the molecule is CP([c-]1cccc1)[c-]1cccc1.[Cl][Zr][Cl]. The number of rotatable bonds is 2. The van der Waals surface area contributed by atoms with Crippen LogP contribution in [0.15, 0.2) is 48.5 Å². The third-order valence-electron chi connectivity index (χ3n) is 2.06. The summed E-state index contributed by atoms with van der Waals surface area (Å²) in [5.41, 5.74) is 0. The summed E-state index contributed by atoms with van der Waals surface area (Å²) >= 11 is -0.826. The van der Waals surface area contributed by atoms with Crippen LogP contribution in [0.25, 0.3) is 0 Å². The molecule has 0 radical (unpaired) electrons. The average Bonchev–Trinajstić information content (AvgIpc) is 2.92. The Morgan fingerprint density at radius 2 is 1.13 bits per heavy atom. The molecule has 2 aromatic carbocycles. The Balaban J connectivity index is 0.000000337. The second-order valence-corrected chi connectivity index (χ2v) is 8.80. The summed E-state index contributed by atoms with van der Waals surface area (Å²) in [4.78, 5) is 0. The van der Waals surface area contributed by atoms with Crippen LogP contribution in [-0.4, -0.2) is 6.66 Å². The molecule has 0 amide bonds. The fraction of sp³-hybridized carbons (Fsp3) is 0.0909. The van der Waals surface area contributed by atoms with E-state index in [1.165, 1.54) is 10.6 Å². The van der Waals surface area contributed by atoms with Crippen LogP contribution in [-0.2, 0) is 20.8 Å². The Hall–Kier alpha value is 0.593. The monoisotopic (exact) mass is 334 g/mol. The van der Waals surface area contributed by atoms with Gasteiger partial charge >= 0.3 is 37.9 Å². The second kappa shape index (κ2) is 7.80. The fourth-order valence-corrected chi connectivity index (χ4v) is 2.86. The van der Waals surface area contributed by atoms with Gasteiger partial charge in [-0.25, -0.2) is 24.3 Å². The number of halogens is 2. The number of hydrogen-bond acceptors (Lipinski definition) is 0. The van der Waals surface area contributed by atoms with Crippen LogP contribution in [0.5, 0.6) is 0 Å². The summed E-state index contributed by atoms with van der Waals surface area (Å²) < 4.78 is 0. The molecular weight excluding hydrogens is 325 g/mol. The minimum absolute atomic E-state index is 0.0967. The molecule has 80 valence electrons. The molecule has 0 aromatic heterocycles. The molecule has 0 saturated heterocycles. The molecule has 0 heterocycles.